The summed E-state index contributed by atoms with van der Waals surface area (Å²) in [5.74, 6) is 0.921. The maximum Gasteiger partial charge on any atom is 0.125 e. The Balaban J connectivity index is 2.67. The molecule has 0 spiro atoms. The molecule has 19 heavy (non-hydrogen) atoms. The summed E-state index contributed by atoms with van der Waals surface area (Å²) < 4.78 is 12.2. The normalized spacial score (nSPS) is 12.4. The number of rotatable bonds is 9. The number of benzene rings is 1. The summed E-state index contributed by atoms with van der Waals surface area (Å²) in [6.45, 7) is 9.26. The van der Waals surface area contributed by atoms with E-state index in [4.69, 9.17) is 9.47 Å². The molecule has 1 aromatic carbocycles. The van der Waals surface area contributed by atoms with E-state index < -0.39 is 0 Å². The molecule has 1 rings (SSSR count). The first kappa shape index (κ1) is 16.5. The molecule has 4 heteroatoms. The zero-order valence-electron chi connectivity index (χ0n) is 12.0. The molecule has 1 unspecified atom stereocenters. The third-order valence-electron chi connectivity index (χ3n) is 2.83. The number of halogens is 1. The molecule has 1 N–H and O–H groups in total. The molecule has 0 saturated carbocycles. The van der Waals surface area contributed by atoms with Crippen LogP contribution in [-0.2, 0) is 4.74 Å². The van der Waals surface area contributed by atoms with Crippen LogP contribution in [0.2, 0.25) is 0 Å². The molecule has 0 heterocycles. The van der Waals surface area contributed by atoms with E-state index in [0.29, 0.717) is 13.2 Å². The fraction of sp³-hybridized carbons (Fsp3) is 0.600. The molecule has 0 aromatic heterocycles. The van der Waals surface area contributed by atoms with Gasteiger partial charge in [0.05, 0.1) is 6.61 Å². The highest BCUT2D eigenvalue weighted by molar-refractivity contribution is 9.10. The SMILES string of the molecule is CCCNC(C)c1ccc(Br)cc1OCCOCC. The Kier molecular flexibility index (Phi) is 8.10. The van der Waals surface area contributed by atoms with Gasteiger partial charge in [-0.3, -0.25) is 0 Å². The number of hydrogen-bond donors (Lipinski definition) is 1. The van der Waals surface area contributed by atoms with E-state index in [9.17, 15) is 0 Å². The van der Waals surface area contributed by atoms with E-state index in [-0.39, 0.29) is 6.04 Å². The van der Waals surface area contributed by atoms with Gasteiger partial charge in [0.15, 0.2) is 0 Å². The van der Waals surface area contributed by atoms with Crippen LogP contribution in [0.1, 0.15) is 38.8 Å². The first-order valence-corrected chi connectivity index (χ1v) is 7.71. The molecular formula is C15H24BrNO2. The molecule has 1 atom stereocenters. The van der Waals surface area contributed by atoms with Crippen molar-refractivity contribution in [2.45, 2.75) is 33.2 Å². The summed E-state index contributed by atoms with van der Waals surface area (Å²) in [5, 5.41) is 3.48. The zero-order valence-corrected chi connectivity index (χ0v) is 13.6. The Hall–Kier alpha value is -0.580. The van der Waals surface area contributed by atoms with Crippen LogP contribution in [0.25, 0.3) is 0 Å². The minimum atomic E-state index is 0.287. The lowest BCUT2D eigenvalue weighted by Gasteiger charge is -2.18. The van der Waals surface area contributed by atoms with E-state index >= 15 is 0 Å². The van der Waals surface area contributed by atoms with Gasteiger partial charge in [-0.05, 0) is 38.9 Å². The quantitative estimate of drug-likeness (QED) is 0.696. The highest BCUT2D eigenvalue weighted by Crippen LogP contribution is 2.28. The van der Waals surface area contributed by atoms with E-state index in [1.807, 2.05) is 13.0 Å². The summed E-state index contributed by atoms with van der Waals surface area (Å²) >= 11 is 3.49. The van der Waals surface area contributed by atoms with Gasteiger partial charge in [-0.25, -0.2) is 0 Å². The van der Waals surface area contributed by atoms with Gasteiger partial charge in [-0.2, -0.15) is 0 Å². The third-order valence-corrected chi connectivity index (χ3v) is 3.33. The Morgan fingerprint density at radius 2 is 2.05 bits per heavy atom. The molecule has 108 valence electrons. The van der Waals surface area contributed by atoms with Crippen LogP contribution in [0, 0.1) is 0 Å². The molecule has 0 saturated heterocycles. The van der Waals surface area contributed by atoms with Crippen LogP contribution in [0.15, 0.2) is 22.7 Å². The van der Waals surface area contributed by atoms with Gasteiger partial charge in [-0.1, -0.05) is 28.9 Å². The van der Waals surface area contributed by atoms with Gasteiger partial charge in [0.1, 0.15) is 12.4 Å². The summed E-state index contributed by atoms with van der Waals surface area (Å²) in [5.41, 5.74) is 1.19. The average molecular weight is 330 g/mol. The summed E-state index contributed by atoms with van der Waals surface area (Å²) in [6.07, 6.45) is 1.13. The molecule has 0 radical (unpaired) electrons. The van der Waals surface area contributed by atoms with Crippen LogP contribution in [-0.4, -0.2) is 26.4 Å². The number of nitrogens with one attached hydrogen (secondary N) is 1. The van der Waals surface area contributed by atoms with Gasteiger partial charge < -0.3 is 14.8 Å². The predicted octanol–water partition coefficient (Wildman–Crippen LogP) is 3.93. The summed E-state index contributed by atoms with van der Waals surface area (Å²) in [7, 11) is 0. The molecular weight excluding hydrogens is 306 g/mol. The zero-order chi connectivity index (χ0) is 14.1. The average Bonchev–Trinajstić information content (AvgIpc) is 2.41. The third kappa shape index (κ3) is 5.93. The van der Waals surface area contributed by atoms with Crippen LogP contribution in [0.5, 0.6) is 5.75 Å². The molecule has 0 amide bonds. The van der Waals surface area contributed by atoms with Crippen molar-refractivity contribution in [3.8, 4) is 5.75 Å². The van der Waals surface area contributed by atoms with Gasteiger partial charge in [0, 0.05) is 22.7 Å². The molecule has 1 aromatic rings. The summed E-state index contributed by atoms with van der Waals surface area (Å²) in [6, 6.07) is 6.46. The lowest BCUT2D eigenvalue weighted by molar-refractivity contribution is 0.109. The van der Waals surface area contributed by atoms with Crippen LogP contribution >= 0.6 is 15.9 Å². The van der Waals surface area contributed by atoms with Crippen molar-refractivity contribution in [1.82, 2.24) is 5.32 Å². The van der Waals surface area contributed by atoms with Gasteiger partial charge in [0.2, 0.25) is 0 Å². The Labute approximate surface area is 124 Å². The first-order valence-electron chi connectivity index (χ1n) is 6.92. The van der Waals surface area contributed by atoms with E-state index in [1.165, 1.54) is 5.56 Å². The standard InChI is InChI=1S/C15H24BrNO2/c1-4-8-17-12(3)14-7-6-13(16)11-15(14)19-10-9-18-5-2/h6-7,11-12,17H,4-5,8-10H2,1-3H3. The smallest absolute Gasteiger partial charge is 0.125 e. The van der Waals surface area contributed by atoms with Crippen molar-refractivity contribution in [3.63, 3.8) is 0 Å². The fourth-order valence-electron chi connectivity index (χ4n) is 1.82. The largest absolute Gasteiger partial charge is 0.491 e. The van der Waals surface area contributed by atoms with Crippen molar-refractivity contribution in [1.29, 1.82) is 0 Å². The molecule has 0 bridgehead atoms. The van der Waals surface area contributed by atoms with Crippen LogP contribution in [0.3, 0.4) is 0 Å². The Bertz CT molecular complexity index is 371. The van der Waals surface area contributed by atoms with Gasteiger partial charge >= 0.3 is 0 Å². The van der Waals surface area contributed by atoms with Crippen molar-refractivity contribution >= 4 is 15.9 Å². The predicted molar refractivity (Wildman–Crippen MR) is 82.8 cm³/mol. The van der Waals surface area contributed by atoms with Crippen molar-refractivity contribution in [2.75, 3.05) is 26.4 Å². The number of hydrogen-bond acceptors (Lipinski definition) is 3. The molecule has 0 aliphatic heterocycles. The highest BCUT2D eigenvalue weighted by Gasteiger charge is 2.11. The van der Waals surface area contributed by atoms with E-state index in [1.54, 1.807) is 0 Å². The number of ether oxygens (including phenoxy) is 2. The monoisotopic (exact) mass is 329 g/mol. The Morgan fingerprint density at radius 3 is 2.74 bits per heavy atom. The maximum atomic E-state index is 5.83. The minimum absolute atomic E-state index is 0.287. The fourth-order valence-corrected chi connectivity index (χ4v) is 2.16. The van der Waals surface area contributed by atoms with Gasteiger partial charge in [0.25, 0.3) is 0 Å². The highest BCUT2D eigenvalue weighted by atomic mass is 79.9. The van der Waals surface area contributed by atoms with Crippen LogP contribution < -0.4 is 10.1 Å². The van der Waals surface area contributed by atoms with E-state index in [0.717, 1.165) is 29.8 Å². The van der Waals surface area contributed by atoms with Gasteiger partial charge in [-0.15, -0.1) is 0 Å². The molecule has 3 nitrogen and oxygen atoms in total. The second-order valence-electron chi connectivity index (χ2n) is 4.40. The molecule has 0 aliphatic rings. The lowest BCUT2D eigenvalue weighted by Crippen LogP contribution is -2.20. The second kappa shape index (κ2) is 9.34. The first-order chi connectivity index (χ1) is 9.19. The van der Waals surface area contributed by atoms with Crippen molar-refractivity contribution in [3.05, 3.63) is 28.2 Å². The Morgan fingerprint density at radius 1 is 1.26 bits per heavy atom. The molecule has 0 fully saturated rings. The van der Waals surface area contributed by atoms with Crippen molar-refractivity contribution < 1.29 is 9.47 Å². The second-order valence-corrected chi connectivity index (χ2v) is 5.32. The van der Waals surface area contributed by atoms with Crippen molar-refractivity contribution in [2.24, 2.45) is 0 Å². The summed E-state index contributed by atoms with van der Waals surface area (Å²) in [4.78, 5) is 0. The minimum Gasteiger partial charge on any atom is -0.491 e. The molecule has 0 aliphatic carbocycles. The lowest BCUT2D eigenvalue weighted by atomic mass is 10.1. The van der Waals surface area contributed by atoms with E-state index in [2.05, 4.69) is 47.2 Å². The topological polar surface area (TPSA) is 30.5 Å². The maximum absolute atomic E-state index is 5.83. The van der Waals surface area contributed by atoms with Crippen LogP contribution in [0.4, 0.5) is 0 Å².